The number of hydrogen-bond acceptors (Lipinski definition) is 3. The van der Waals surface area contributed by atoms with E-state index in [2.05, 4.69) is 34.4 Å². The van der Waals surface area contributed by atoms with E-state index >= 15 is 0 Å². The Kier molecular flexibility index (Phi) is 11.1. The Balaban J connectivity index is 0.00000338. The Labute approximate surface area is 173 Å². The van der Waals surface area contributed by atoms with E-state index in [1.54, 1.807) is 7.05 Å². The Hall–Kier alpha value is -0.930. The number of guanidine groups is 1. The maximum atomic E-state index is 12.9. The van der Waals surface area contributed by atoms with Gasteiger partial charge in [0.2, 0.25) is 0 Å². The summed E-state index contributed by atoms with van der Waals surface area (Å²) < 4.78 is 18.4. The lowest BCUT2D eigenvalue weighted by Gasteiger charge is -2.37. The van der Waals surface area contributed by atoms with Crippen molar-refractivity contribution in [2.75, 3.05) is 46.4 Å². The quantitative estimate of drug-likeness (QED) is 0.359. The predicted molar refractivity (Wildman–Crippen MR) is 116 cm³/mol. The third-order valence-corrected chi connectivity index (χ3v) is 4.61. The zero-order chi connectivity index (χ0) is 18.1. The van der Waals surface area contributed by atoms with Gasteiger partial charge in [-0.3, -0.25) is 9.89 Å². The van der Waals surface area contributed by atoms with Gasteiger partial charge in [0.15, 0.2) is 5.96 Å². The van der Waals surface area contributed by atoms with Crippen LogP contribution in [0.25, 0.3) is 0 Å². The van der Waals surface area contributed by atoms with Crippen LogP contribution in [0.1, 0.15) is 19.4 Å². The average molecular weight is 478 g/mol. The fourth-order valence-electron chi connectivity index (χ4n) is 3.09. The molecule has 148 valence electrons. The second-order valence-electron chi connectivity index (χ2n) is 6.72. The fraction of sp³-hybridized carbons (Fsp3) is 0.632. The second-order valence-corrected chi connectivity index (χ2v) is 6.72. The molecule has 1 heterocycles. The third-order valence-electron chi connectivity index (χ3n) is 4.61. The number of halogens is 2. The summed E-state index contributed by atoms with van der Waals surface area (Å²) in [5, 5.41) is 6.77. The zero-order valence-electron chi connectivity index (χ0n) is 16.0. The van der Waals surface area contributed by atoms with Gasteiger partial charge in [0.1, 0.15) is 5.82 Å². The van der Waals surface area contributed by atoms with E-state index in [0.717, 1.165) is 57.3 Å². The van der Waals surface area contributed by atoms with Gasteiger partial charge < -0.3 is 15.4 Å². The minimum Gasteiger partial charge on any atom is -0.379 e. The number of nitrogens with zero attached hydrogens (tertiary/aromatic N) is 2. The van der Waals surface area contributed by atoms with Crippen LogP contribution < -0.4 is 10.6 Å². The molecule has 0 radical (unpaired) electrons. The van der Waals surface area contributed by atoms with Crippen LogP contribution in [-0.4, -0.2) is 63.3 Å². The summed E-state index contributed by atoms with van der Waals surface area (Å²) in [5.74, 6) is 1.17. The molecule has 1 aromatic carbocycles. The molecule has 7 heteroatoms. The van der Waals surface area contributed by atoms with E-state index in [0.29, 0.717) is 12.0 Å². The van der Waals surface area contributed by atoms with E-state index in [-0.39, 0.29) is 29.8 Å². The SMILES string of the molecule is CN=C(NCCc1ccc(F)cc1)NCC(C(C)C)N1CCOCC1.I. The van der Waals surface area contributed by atoms with Gasteiger partial charge in [-0.2, -0.15) is 0 Å². The molecule has 0 spiro atoms. The van der Waals surface area contributed by atoms with E-state index in [9.17, 15) is 4.39 Å². The minimum atomic E-state index is -0.197. The summed E-state index contributed by atoms with van der Waals surface area (Å²) in [6.45, 7) is 9.73. The van der Waals surface area contributed by atoms with Gasteiger partial charge in [-0.05, 0) is 30.0 Å². The molecule has 0 saturated carbocycles. The largest absolute Gasteiger partial charge is 0.379 e. The van der Waals surface area contributed by atoms with Crippen molar-refractivity contribution in [2.24, 2.45) is 10.9 Å². The highest BCUT2D eigenvalue weighted by Gasteiger charge is 2.23. The second kappa shape index (κ2) is 12.5. The molecule has 1 aliphatic rings. The Morgan fingerprint density at radius 2 is 1.85 bits per heavy atom. The molecular weight excluding hydrogens is 446 g/mol. The fourth-order valence-corrected chi connectivity index (χ4v) is 3.09. The first-order chi connectivity index (χ1) is 12.1. The van der Waals surface area contributed by atoms with Crippen LogP contribution in [0.4, 0.5) is 4.39 Å². The number of ether oxygens (including phenoxy) is 1. The standard InChI is InChI=1S/C19H31FN4O.HI/c1-15(2)18(24-10-12-25-13-11-24)14-23-19(21-3)22-9-8-16-4-6-17(20)7-5-16;/h4-7,15,18H,8-14H2,1-3H3,(H2,21,22,23);1H. The van der Waals surface area contributed by atoms with Crippen LogP contribution in [0.5, 0.6) is 0 Å². The maximum Gasteiger partial charge on any atom is 0.191 e. The van der Waals surface area contributed by atoms with Crippen LogP contribution in [0, 0.1) is 11.7 Å². The molecule has 1 atom stereocenters. The molecule has 0 aromatic heterocycles. The molecular formula is C19H32FIN4O. The van der Waals surface area contributed by atoms with Crippen molar-refractivity contribution in [3.05, 3.63) is 35.6 Å². The Morgan fingerprint density at radius 1 is 1.19 bits per heavy atom. The summed E-state index contributed by atoms with van der Waals surface area (Å²) in [6, 6.07) is 7.09. The molecule has 0 amide bonds. The molecule has 5 nitrogen and oxygen atoms in total. The van der Waals surface area contributed by atoms with Gasteiger partial charge in [-0.1, -0.05) is 26.0 Å². The molecule has 2 N–H and O–H groups in total. The lowest BCUT2D eigenvalue weighted by Crippen LogP contribution is -2.52. The number of morpholine rings is 1. The van der Waals surface area contributed by atoms with E-state index in [1.807, 2.05) is 12.1 Å². The van der Waals surface area contributed by atoms with Crippen LogP contribution in [0.2, 0.25) is 0 Å². The predicted octanol–water partition coefficient (Wildman–Crippen LogP) is 2.51. The number of nitrogens with one attached hydrogen (secondary N) is 2. The Morgan fingerprint density at radius 3 is 2.42 bits per heavy atom. The van der Waals surface area contributed by atoms with Crippen LogP contribution in [0.15, 0.2) is 29.3 Å². The van der Waals surface area contributed by atoms with Gasteiger partial charge in [-0.25, -0.2) is 4.39 Å². The zero-order valence-corrected chi connectivity index (χ0v) is 18.3. The Bertz CT molecular complexity index is 533. The molecule has 1 aromatic rings. The normalized spacial score (nSPS) is 16.9. The minimum absolute atomic E-state index is 0. The lowest BCUT2D eigenvalue weighted by molar-refractivity contribution is 0.00752. The van der Waals surface area contributed by atoms with Gasteiger partial charge >= 0.3 is 0 Å². The van der Waals surface area contributed by atoms with Crippen molar-refractivity contribution in [3.8, 4) is 0 Å². The number of rotatable bonds is 7. The van der Waals surface area contributed by atoms with Crippen LogP contribution in [0.3, 0.4) is 0 Å². The van der Waals surface area contributed by atoms with Gasteiger partial charge in [-0.15, -0.1) is 24.0 Å². The van der Waals surface area contributed by atoms with Crippen LogP contribution in [-0.2, 0) is 11.2 Å². The summed E-state index contributed by atoms with van der Waals surface area (Å²) in [4.78, 5) is 6.79. The van der Waals surface area contributed by atoms with E-state index in [4.69, 9.17) is 4.74 Å². The van der Waals surface area contributed by atoms with Gasteiger partial charge in [0.05, 0.1) is 13.2 Å². The maximum absolute atomic E-state index is 12.9. The summed E-state index contributed by atoms with van der Waals surface area (Å²) in [7, 11) is 1.78. The van der Waals surface area contributed by atoms with E-state index in [1.165, 1.54) is 12.1 Å². The van der Waals surface area contributed by atoms with Crippen molar-refractivity contribution >= 4 is 29.9 Å². The first-order valence-electron chi connectivity index (χ1n) is 9.11. The average Bonchev–Trinajstić information content (AvgIpc) is 2.62. The molecule has 0 aliphatic carbocycles. The lowest BCUT2D eigenvalue weighted by atomic mass is 10.0. The summed E-state index contributed by atoms with van der Waals surface area (Å²) >= 11 is 0. The molecule has 0 bridgehead atoms. The number of aliphatic imine (C=N–C) groups is 1. The number of hydrogen-bond donors (Lipinski definition) is 2. The summed E-state index contributed by atoms with van der Waals surface area (Å²) in [6.07, 6.45) is 0.831. The van der Waals surface area contributed by atoms with Crippen molar-refractivity contribution in [1.82, 2.24) is 15.5 Å². The highest BCUT2D eigenvalue weighted by molar-refractivity contribution is 14.0. The molecule has 1 fully saturated rings. The highest BCUT2D eigenvalue weighted by atomic mass is 127. The monoisotopic (exact) mass is 478 g/mol. The van der Waals surface area contributed by atoms with E-state index < -0.39 is 0 Å². The van der Waals surface area contributed by atoms with Gasteiger partial charge in [0, 0.05) is 39.3 Å². The topological polar surface area (TPSA) is 48.9 Å². The highest BCUT2D eigenvalue weighted by Crippen LogP contribution is 2.12. The van der Waals surface area contributed by atoms with Crippen molar-refractivity contribution in [1.29, 1.82) is 0 Å². The molecule has 2 rings (SSSR count). The molecule has 26 heavy (non-hydrogen) atoms. The number of benzene rings is 1. The smallest absolute Gasteiger partial charge is 0.191 e. The van der Waals surface area contributed by atoms with Crippen LogP contribution >= 0.6 is 24.0 Å². The van der Waals surface area contributed by atoms with Crippen molar-refractivity contribution in [2.45, 2.75) is 26.3 Å². The first-order valence-corrected chi connectivity index (χ1v) is 9.11. The van der Waals surface area contributed by atoms with Crippen molar-refractivity contribution in [3.63, 3.8) is 0 Å². The molecule has 1 saturated heterocycles. The van der Waals surface area contributed by atoms with Crippen molar-refractivity contribution < 1.29 is 9.13 Å². The third kappa shape index (κ3) is 7.75. The first kappa shape index (κ1) is 23.1. The molecule has 1 unspecified atom stereocenters. The summed E-state index contributed by atoms with van der Waals surface area (Å²) in [5.41, 5.74) is 1.11. The molecule has 1 aliphatic heterocycles. The van der Waals surface area contributed by atoms with Gasteiger partial charge in [0.25, 0.3) is 0 Å².